The number of aromatic nitrogens is 3. The molecule has 0 radical (unpaired) electrons. The number of alkyl halides is 3. The van der Waals surface area contributed by atoms with Crippen molar-refractivity contribution in [3.8, 4) is 0 Å². The van der Waals surface area contributed by atoms with E-state index in [1.54, 1.807) is 6.20 Å². The summed E-state index contributed by atoms with van der Waals surface area (Å²) >= 11 is 0. The monoisotopic (exact) mass is 321 g/mol. The lowest BCUT2D eigenvalue weighted by molar-refractivity contribution is -0.127. The zero-order chi connectivity index (χ0) is 16.6. The third kappa shape index (κ3) is 3.13. The van der Waals surface area contributed by atoms with Crippen molar-refractivity contribution in [1.82, 2.24) is 14.6 Å². The number of nitrogens with zero attached hydrogens (tertiary/aromatic N) is 2. The number of H-pyrrole nitrogens is 1. The molecule has 0 saturated carbocycles. The van der Waals surface area contributed by atoms with Gasteiger partial charge in [0.1, 0.15) is 0 Å². The zero-order valence-electron chi connectivity index (χ0n) is 12.3. The maximum absolute atomic E-state index is 12.6. The number of rotatable bonds is 3. The summed E-state index contributed by atoms with van der Waals surface area (Å²) in [6.07, 6.45) is -3.58. The van der Waals surface area contributed by atoms with Crippen LogP contribution in [-0.2, 0) is 12.8 Å². The molecule has 2 aromatic heterocycles. The van der Waals surface area contributed by atoms with Gasteiger partial charge >= 0.3 is 6.18 Å². The van der Waals surface area contributed by atoms with Crippen LogP contribution < -0.4 is 5.56 Å². The Balaban J connectivity index is 2.07. The number of aromatic amines is 1. The van der Waals surface area contributed by atoms with Crippen molar-refractivity contribution in [2.45, 2.75) is 25.9 Å². The number of hydrogen-bond donors (Lipinski definition) is 1. The lowest BCUT2D eigenvalue weighted by atomic mass is 10.1. The maximum Gasteiger partial charge on any atom is 0.393 e. The third-order valence-corrected chi connectivity index (χ3v) is 3.65. The van der Waals surface area contributed by atoms with E-state index >= 15 is 0 Å². The van der Waals surface area contributed by atoms with Gasteiger partial charge in [-0.15, -0.1) is 0 Å². The molecule has 0 aliphatic carbocycles. The van der Waals surface area contributed by atoms with E-state index < -0.39 is 18.2 Å². The standard InChI is InChI=1S/C16H14F3N3O/c1-10-13(8-16(17,18)19)15(23)22-14(21-10)12(9-20-22)7-11-5-3-2-4-6-11/h2-6,9,20H,7-8H2,1H3. The Hall–Kier alpha value is -2.57. The first-order chi connectivity index (χ1) is 10.8. The molecule has 1 aromatic carbocycles. The van der Waals surface area contributed by atoms with E-state index in [1.165, 1.54) is 6.92 Å². The van der Waals surface area contributed by atoms with Crippen LogP contribution in [0.1, 0.15) is 22.4 Å². The van der Waals surface area contributed by atoms with E-state index in [1.807, 2.05) is 30.3 Å². The summed E-state index contributed by atoms with van der Waals surface area (Å²) in [6.45, 7) is 1.43. The number of fused-ring (bicyclic) bond motifs is 1. The molecular formula is C16H14F3N3O. The largest absolute Gasteiger partial charge is 0.393 e. The summed E-state index contributed by atoms with van der Waals surface area (Å²) < 4.78 is 38.9. The maximum atomic E-state index is 12.6. The van der Waals surface area contributed by atoms with Crippen LogP contribution in [0.5, 0.6) is 0 Å². The van der Waals surface area contributed by atoms with Gasteiger partial charge in [0.2, 0.25) is 0 Å². The Labute approximate surface area is 129 Å². The highest BCUT2D eigenvalue weighted by Crippen LogP contribution is 2.21. The van der Waals surface area contributed by atoms with Crippen LogP contribution in [0.25, 0.3) is 5.65 Å². The van der Waals surface area contributed by atoms with E-state index in [4.69, 9.17) is 0 Å². The molecule has 0 spiro atoms. The molecule has 0 bridgehead atoms. The van der Waals surface area contributed by atoms with Crippen LogP contribution in [0.3, 0.4) is 0 Å². The molecule has 7 heteroatoms. The molecule has 0 aliphatic rings. The first kappa shape index (κ1) is 15.3. The molecule has 23 heavy (non-hydrogen) atoms. The summed E-state index contributed by atoms with van der Waals surface area (Å²) in [5, 5.41) is 2.70. The van der Waals surface area contributed by atoms with Crippen LogP contribution in [0.15, 0.2) is 41.3 Å². The van der Waals surface area contributed by atoms with Gasteiger partial charge in [-0.2, -0.15) is 13.2 Å². The molecule has 0 saturated heterocycles. The van der Waals surface area contributed by atoms with Crippen LogP contribution in [-0.4, -0.2) is 20.8 Å². The van der Waals surface area contributed by atoms with Crippen molar-refractivity contribution in [1.29, 1.82) is 0 Å². The van der Waals surface area contributed by atoms with Crippen LogP contribution in [0.4, 0.5) is 13.2 Å². The number of aryl methyl sites for hydroxylation is 1. The van der Waals surface area contributed by atoms with Crippen molar-refractivity contribution in [3.05, 3.63) is 69.3 Å². The minimum atomic E-state index is -4.45. The molecule has 120 valence electrons. The van der Waals surface area contributed by atoms with Gasteiger partial charge in [0, 0.05) is 29.4 Å². The Morgan fingerprint density at radius 1 is 1.22 bits per heavy atom. The highest BCUT2D eigenvalue weighted by molar-refractivity contribution is 5.50. The number of halogens is 3. The summed E-state index contributed by atoms with van der Waals surface area (Å²) in [5.41, 5.74) is 1.23. The van der Waals surface area contributed by atoms with E-state index in [9.17, 15) is 18.0 Å². The summed E-state index contributed by atoms with van der Waals surface area (Å²) in [6, 6.07) is 9.57. The van der Waals surface area contributed by atoms with Crippen molar-refractivity contribution in [2.75, 3.05) is 0 Å². The molecule has 3 rings (SSSR count). The lowest BCUT2D eigenvalue weighted by Gasteiger charge is -2.09. The van der Waals surface area contributed by atoms with E-state index in [2.05, 4.69) is 10.1 Å². The molecule has 0 aliphatic heterocycles. The van der Waals surface area contributed by atoms with Crippen LogP contribution in [0, 0.1) is 6.92 Å². The van der Waals surface area contributed by atoms with Gasteiger partial charge in [-0.05, 0) is 12.5 Å². The van der Waals surface area contributed by atoms with Gasteiger partial charge in [0.05, 0.1) is 6.42 Å². The quantitative estimate of drug-likeness (QED) is 0.806. The molecule has 0 amide bonds. The molecular weight excluding hydrogens is 307 g/mol. The van der Waals surface area contributed by atoms with Crippen molar-refractivity contribution in [2.24, 2.45) is 0 Å². The zero-order valence-corrected chi connectivity index (χ0v) is 12.3. The summed E-state index contributed by atoms with van der Waals surface area (Å²) in [7, 11) is 0. The Kier molecular flexibility index (Phi) is 3.71. The van der Waals surface area contributed by atoms with E-state index in [0.717, 1.165) is 15.6 Å². The highest BCUT2D eigenvalue weighted by Gasteiger charge is 2.31. The Morgan fingerprint density at radius 3 is 2.57 bits per heavy atom. The second-order valence-electron chi connectivity index (χ2n) is 5.39. The normalized spacial score (nSPS) is 12.0. The van der Waals surface area contributed by atoms with Gasteiger partial charge in [-0.1, -0.05) is 30.3 Å². The van der Waals surface area contributed by atoms with Gasteiger partial charge < -0.3 is 0 Å². The fraction of sp³-hybridized carbons (Fsp3) is 0.250. The SMILES string of the molecule is Cc1nc2c(Cc3ccccc3)c[nH]n2c(=O)c1CC(F)(F)F. The van der Waals surface area contributed by atoms with Crippen LogP contribution >= 0.6 is 0 Å². The lowest BCUT2D eigenvalue weighted by Crippen LogP contribution is -2.26. The minimum Gasteiger partial charge on any atom is -0.297 e. The molecule has 1 N–H and O–H groups in total. The molecule has 4 nitrogen and oxygen atoms in total. The number of hydrogen-bond acceptors (Lipinski definition) is 2. The predicted molar refractivity (Wildman–Crippen MR) is 79.6 cm³/mol. The van der Waals surface area contributed by atoms with Crippen molar-refractivity contribution >= 4 is 5.65 Å². The molecule has 0 atom stereocenters. The molecule has 0 unspecified atom stereocenters. The number of benzene rings is 1. The first-order valence-electron chi connectivity index (χ1n) is 7.04. The molecule has 3 aromatic rings. The first-order valence-corrected chi connectivity index (χ1v) is 7.04. The van der Waals surface area contributed by atoms with Gasteiger partial charge in [0.25, 0.3) is 5.56 Å². The second kappa shape index (κ2) is 5.57. The third-order valence-electron chi connectivity index (χ3n) is 3.65. The second-order valence-corrected chi connectivity index (χ2v) is 5.39. The predicted octanol–water partition coefficient (Wildman–Crippen LogP) is 3.03. The summed E-state index contributed by atoms with van der Waals surface area (Å²) in [4.78, 5) is 16.5. The Morgan fingerprint density at radius 2 is 1.91 bits per heavy atom. The summed E-state index contributed by atoms with van der Waals surface area (Å²) in [5.74, 6) is 0. The smallest absolute Gasteiger partial charge is 0.297 e. The van der Waals surface area contributed by atoms with Crippen LogP contribution in [0.2, 0.25) is 0 Å². The average Bonchev–Trinajstić information content (AvgIpc) is 2.87. The minimum absolute atomic E-state index is 0.112. The van der Waals surface area contributed by atoms with Crippen molar-refractivity contribution in [3.63, 3.8) is 0 Å². The van der Waals surface area contributed by atoms with Gasteiger partial charge in [-0.3, -0.25) is 9.89 Å². The molecule has 2 heterocycles. The van der Waals surface area contributed by atoms with Crippen molar-refractivity contribution < 1.29 is 13.2 Å². The average molecular weight is 321 g/mol. The number of nitrogens with one attached hydrogen (secondary N) is 1. The van der Waals surface area contributed by atoms with Gasteiger partial charge in [-0.25, -0.2) is 9.50 Å². The molecule has 0 fully saturated rings. The fourth-order valence-electron chi connectivity index (χ4n) is 2.55. The topological polar surface area (TPSA) is 50.2 Å². The van der Waals surface area contributed by atoms with Gasteiger partial charge in [0.15, 0.2) is 5.65 Å². The Bertz CT molecular complexity index is 895. The van der Waals surface area contributed by atoms with E-state index in [0.29, 0.717) is 12.1 Å². The fourth-order valence-corrected chi connectivity index (χ4v) is 2.55. The van der Waals surface area contributed by atoms with E-state index in [-0.39, 0.29) is 11.3 Å². The highest BCUT2D eigenvalue weighted by atomic mass is 19.4.